The number of pyridine rings is 2. The van der Waals surface area contributed by atoms with Gasteiger partial charge < -0.3 is 58.1 Å². The van der Waals surface area contributed by atoms with Gasteiger partial charge in [-0.2, -0.15) is 22.3 Å². The Morgan fingerprint density at radius 2 is 1.26 bits per heavy atom. The van der Waals surface area contributed by atoms with E-state index in [1.54, 1.807) is 79.4 Å². The first-order valence-electron chi connectivity index (χ1n) is 37.2. The van der Waals surface area contributed by atoms with Crippen LogP contribution >= 0.6 is 58.3 Å². The third kappa shape index (κ3) is 18.4. The van der Waals surface area contributed by atoms with Gasteiger partial charge in [0.05, 0.1) is 80.4 Å². The summed E-state index contributed by atoms with van der Waals surface area (Å²) >= 11 is 21.1. The van der Waals surface area contributed by atoms with Gasteiger partial charge in [0.1, 0.15) is 49.3 Å². The lowest BCUT2D eigenvalue weighted by Gasteiger charge is -2.42. The van der Waals surface area contributed by atoms with Crippen molar-refractivity contribution in [1.82, 2.24) is 39.9 Å². The number of aryl methyl sites for hydroxylation is 1. The molecule has 5 fully saturated rings. The third-order valence-electron chi connectivity index (χ3n) is 22.3. The molecule has 36 heteroatoms. The maximum absolute atomic E-state index is 14.8. The number of amides is 1. The fourth-order valence-corrected chi connectivity index (χ4v) is 19.1. The summed E-state index contributed by atoms with van der Waals surface area (Å²) in [6.45, 7) is 15.3. The maximum Gasteiger partial charge on any atom is 0.295 e. The van der Waals surface area contributed by atoms with Gasteiger partial charge in [-0.3, -0.25) is 19.3 Å². The van der Waals surface area contributed by atoms with Crippen molar-refractivity contribution in [2.24, 2.45) is 37.9 Å². The van der Waals surface area contributed by atoms with Crippen LogP contribution in [0.2, 0.25) is 15.1 Å². The Morgan fingerprint density at radius 1 is 0.670 bits per heavy atom. The number of hydrogen-bond acceptors (Lipinski definition) is 27. The van der Waals surface area contributed by atoms with E-state index in [4.69, 9.17) is 68.2 Å². The monoisotopic (exact) mass is 1700 g/mol. The first-order valence-corrected chi connectivity index (χ1v) is 43.3. The number of anilines is 7. The molecule has 0 unspecified atom stereocenters. The number of nitrogens with two attached hydrogens (primary N) is 5. The lowest BCUT2D eigenvalue weighted by Crippen LogP contribution is -2.50. The van der Waals surface area contributed by atoms with E-state index in [0.29, 0.717) is 80.6 Å². The Bertz CT molecular complexity index is 5630. The van der Waals surface area contributed by atoms with E-state index in [1.165, 1.54) is 55.9 Å². The largest absolute Gasteiger partial charge is 0.504 e. The number of aromatic hydroxyl groups is 1. The molecule has 10 aromatic rings. The Kier molecular flexibility index (Phi) is 24.8. The number of ether oxygens (including phenoxy) is 1. The van der Waals surface area contributed by atoms with Crippen LogP contribution in [0.1, 0.15) is 96.7 Å². The molecular formula is C79H88Cl3F2N19O8S4. The first kappa shape index (κ1) is 83.9. The van der Waals surface area contributed by atoms with E-state index >= 15 is 0 Å². The van der Waals surface area contributed by atoms with Crippen LogP contribution < -0.4 is 48.3 Å². The number of azo groups is 1. The van der Waals surface area contributed by atoms with Crippen molar-refractivity contribution in [3.05, 3.63) is 154 Å². The predicted molar refractivity (Wildman–Crippen MR) is 448 cm³/mol. The number of aromatic nitrogens is 8. The summed E-state index contributed by atoms with van der Waals surface area (Å²) in [4.78, 5) is 55.8. The van der Waals surface area contributed by atoms with Gasteiger partial charge in [-0.1, -0.05) is 109 Å². The van der Waals surface area contributed by atoms with Gasteiger partial charge >= 0.3 is 0 Å². The van der Waals surface area contributed by atoms with Crippen LogP contribution in [0.3, 0.4) is 0 Å². The number of sulfone groups is 1. The standard InChI is InChI=1S/C23H28F2N6OS.C20H15N3O6S2.C19H25ClN6OS.C17H20Cl2N4/c1-14(32)31-13-23(24,25)19-15(31)4-2-5-16(19)33-21-20(27)29-18(12-28-21)30-10-8-22(9-11-30)7-3-6-17(22)26;1-30(25,26)15-7-5-12-9-14(6-4-13(12)10-15)22-23-17-11-18(31(27,28)29)16-3-2-8-21-19(16)20(17)24;1-11-15(20)13(3-6-23-11)28-18-17(22)25-14(9-24-18)26-7-4-19(5-8-26)10-27-12(2)16(19)21;1-17(2)6-8-23(9-7-17)13-10-21-15(16(20)22-13)11-4-3-5-12(18)14(11)19/h2,4-5,12,17H,3,6-11,13,26H2,1H3,(H2,27,29);2-11,24H,1H3,(H,27,28,29);3,6,9,12,16H,4-5,7-8,10,21H2,1-2H3,(H2,22,25);3-5,10H,6-9H2,1-2H3,(H2,20,22)/t17-;;12-,16+;/m1.0./s1. The molecule has 606 valence electrons. The summed E-state index contributed by atoms with van der Waals surface area (Å²) in [5.41, 5.74) is 34.3. The molecule has 12 N–H and O–H groups in total. The normalized spacial score (nSPS) is 19.4. The molecule has 2 spiro atoms. The number of halogens is 5. The van der Waals surface area contributed by atoms with Crippen molar-refractivity contribution in [1.29, 1.82) is 0 Å². The zero-order valence-corrected chi connectivity index (χ0v) is 69.4. The molecule has 5 aromatic carbocycles. The van der Waals surface area contributed by atoms with Crippen molar-refractivity contribution in [3.63, 3.8) is 0 Å². The molecule has 115 heavy (non-hydrogen) atoms. The Labute approximate surface area is 688 Å². The van der Waals surface area contributed by atoms with Gasteiger partial charge in [0, 0.05) is 103 Å². The number of benzene rings is 5. The molecule has 5 aromatic heterocycles. The smallest absolute Gasteiger partial charge is 0.295 e. The van der Waals surface area contributed by atoms with Gasteiger partial charge in [-0.05, 0) is 154 Å². The molecule has 3 atom stereocenters. The third-order valence-corrected chi connectivity index (χ3v) is 27.9. The first-order chi connectivity index (χ1) is 54.5. The summed E-state index contributed by atoms with van der Waals surface area (Å²) in [5, 5.41) is 22.4. The molecule has 16 rings (SSSR count). The molecule has 1 aliphatic carbocycles. The number of alkyl halides is 2. The van der Waals surface area contributed by atoms with Crippen LogP contribution in [0.4, 0.5) is 60.8 Å². The number of nitrogen functional groups attached to an aromatic ring is 3. The highest BCUT2D eigenvalue weighted by Gasteiger charge is 2.49. The van der Waals surface area contributed by atoms with E-state index in [-0.39, 0.29) is 73.3 Å². The number of hydrogen-bond donors (Lipinski definition) is 7. The quantitative estimate of drug-likeness (QED) is 0.0441. The SMILES string of the molecule is CC(=O)N1CC(F)(F)c2c(Sc3ncc(N4CCC5(CCC[C@H]5N)CC4)nc3N)cccc21.CC1(C)CCN(c2cnc(-c3cccc(Cl)c3Cl)c(N)n2)CC1.CS(=O)(=O)c1ccc2cc(N=Nc3cc(S(=O)(=O)O)c4cccnc4c3O)ccc2c1.Cc1nccc(Sc2ncc(N3CCC4(CC3)CO[C@@H](C)[C@H]4N)nc2N)c1Cl. The molecule has 6 aliphatic rings. The number of nitrogens with zero attached hydrogens (tertiary/aromatic N) is 14. The maximum atomic E-state index is 14.8. The minimum Gasteiger partial charge on any atom is -0.504 e. The highest BCUT2D eigenvalue weighted by atomic mass is 35.5. The van der Waals surface area contributed by atoms with Crippen LogP contribution in [-0.2, 0) is 35.4 Å². The number of phenolic OH excluding ortho intramolecular Hbond substituents is 1. The molecule has 0 radical (unpaired) electrons. The number of carbonyl (C=O) groups excluding carboxylic acids is 1. The summed E-state index contributed by atoms with van der Waals surface area (Å²) in [6.07, 6.45) is 19.4. The number of rotatable bonds is 12. The van der Waals surface area contributed by atoms with Gasteiger partial charge in [-0.15, -0.1) is 5.11 Å². The number of piperidine rings is 3. The molecule has 1 amide bonds. The van der Waals surface area contributed by atoms with Crippen molar-refractivity contribution >= 4 is 158 Å². The van der Waals surface area contributed by atoms with Gasteiger partial charge in [0.15, 0.2) is 33.0 Å². The highest BCUT2D eigenvalue weighted by Crippen LogP contribution is 2.51. The lowest BCUT2D eigenvalue weighted by molar-refractivity contribution is -0.117. The second-order valence-electron chi connectivity index (χ2n) is 30.4. The molecule has 10 heterocycles. The highest BCUT2D eigenvalue weighted by molar-refractivity contribution is 7.99. The molecular weight excluding hydrogens is 1620 g/mol. The number of carbonyl (C=O) groups is 1. The molecule has 4 saturated heterocycles. The molecule has 1 saturated carbocycles. The molecule has 0 bridgehead atoms. The molecule has 27 nitrogen and oxygen atoms in total. The second-order valence-corrected chi connectivity index (χ2v) is 37.1. The Hall–Kier alpha value is -9.00. The number of fused-ring (bicyclic) bond motifs is 3. The Morgan fingerprint density at radius 3 is 1.84 bits per heavy atom. The zero-order chi connectivity index (χ0) is 82.3. The second kappa shape index (κ2) is 33.9. The zero-order valence-electron chi connectivity index (χ0n) is 63.9. The van der Waals surface area contributed by atoms with E-state index < -0.39 is 43.2 Å². The summed E-state index contributed by atoms with van der Waals surface area (Å²) in [7, 11) is -7.93. The van der Waals surface area contributed by atoms with E-state index in [0.717, 1.165) is 142 Å². The summed E-state index contributed by atoms with van der Waals surface area (Å²) in [5.74, 6) is -0.639. The van der Waals surface area contributed by atoms with Crippen molar-refractivity contribution in [2.45, 2.75) is 146 Å². The van der Waals surface area contributed by atoms with E-state index in [2.05, 4.69) is 85.6 Å². The average Bonchev–Trinajstić information content (AvgIpc) is 1.65. The summed E-state index contributed by atoms with van der Waals surface area (Å²) in [6, 6.07) is 25.9. The lowest BCUT2D eigenvalue weighted by atomic mass is 9.73. The van der Waals surface area contributed by atoms with Crippen molar-refractivity contribution in [2.75, 3.05) is 95.5 Å². The van der Waals surface area contributed by atoms with Crippen LogP contribution in [0.15, 0.2) is 168 Å². The van der Waals surface area contributed by atoms with Crippen molar-refractivity contribution in [3.8, 4) is 17.0 Å². The number of phenols is 1. The Balaban J connectivity index is 0.000000135. The fourth-order valence-electron chi connectivity index (χ4n) is 15.4. The van der Waals surface area contributed by atoms with E-state index in [1.807, 2.05) is 25.1 Å². The minimum absolute atomic E-state index is 0.0432. The van der Waals surface area contributed by atoms with Crippen LogP contribution in [0.25, 0.3) is 32.9 Å². The average molecular weight is 1700 g/mol. The summed E-state index contributed by atoms with van der Waals surface area (Å²) < 4.78 is 91.8. The van der Waals surface area contributed by atoms with Crippen LogP contribution in [0.5, 0.6) is 5.75 Å². The van der Waals surface area contributed by atoms with Gasteiger partial charge in [0.25, 0.3) is 16.0 Å². The van der Waals surface area contributed by atoms with Gasteiger partial charge in [-0.25, -0.2) is 38.3 Å². The van der Waals surface area contributed by atoms with E-state index in [9.17, 15) is 40.1 Å². The van der Waals surface area contributed by atoms with Crippen LogP contribution in [0, 0.1) is 23.2 Å². The minimum atomic E-state index is -4.60. The van der Waals surface area contributed by atoms with Gasteiger partial charge in [0.2, 0.25) is 5.91 Å². The fraction of sp³-hybridized carbons (Fsp3) is 0.380. The van der Waals surface area contributed by atoms with Crippen molar-refractivity contribution < 1.29 is 44.8 Å². The van der Waals surface area contributed by atoms with Crippen LogP contribution in [-0.4, -0.2) is 149 Å². The predicted octanol–water partition coefficient (Wildman–Crippen LogP) is 15.5. The molecule has 5 aliphatic heterocycles. The topological polar surface area (TPSA) is 406 Å².